The van der Waals surface area contributed by atoms with Crippen molar-refractivity contribution < 1.29 is 9.84 Å². The van der Waals surface area contributed by atoms with E-state index in [9.17, 15) is 5.11 Å². The van der Waals surface area contributed by atoms with E-state index >= 15 is 0 Å². The van der Waals surface area contributed by atoms with Crippen molar-refractivity contribution >= 4 is 5.82 Å². The Morgan fingerprint density at radius 3 is 2.67 bits per heavy atom. The monoisotopic (exact) mass is 447 g/mol. The molecule has 1 aliphatic rings. The predicted octanol–water partition coefficient (Wildman–Crippen LogP) is 5.50. The summed E-state index contributed by atoms with van der Waals surface area (Å²) in [4.78, 5) is 2.27. The van der Waals surface area contributed by atoms with Gasteiger partial charge in [0.1, 0.15) is 5.75 Å². The molecule has 0 spiro atoms. The Morgan fingerprint density at radius 2 is 1.97 bits per heavy atom. The van der Waals surface area contributed by atoms with E-state index in [4.69, 9.17) is 4.74 Å². The maximum absolute atomic E-state index is 10.7. The molecule has 7 heteroatoms. The van der Waals surface area contributed by atoms with E-state index in [0.29, 0.717) is 28.6 Å². The number of ether oxygens (including phenoxy) is 1. The van der Waals surface area contributed by atoms with Gasteiger partial charge in [-0.1, -0.05) is 32.8 Å². The van der Waals surface area contributed by atoms with E-state index in [1.807, 2.05) is 24.3 Å². The van der Waals surface area contributed by atoms with Gasteiger partial charge in [-0.3, -0.25) is 0 Å². The standard InChI is InChI=1S/C26H33N5O2/c1-5-12-26(2)13-6-7-20(16-26)31(3)24-11-10-22(28-29-24)21-9-8-18(14-23(21)32)19-15-25(33-4)30-27-17-19/h8-11,14-15,17,20,32H,5-7,12-13,16H2,1-4H3/t20-,26+/m0/s1. The van der Waals surface area contributed by atoms with Crippen LogP contribution in [-0.2, 0) is 0 Å². The van der Waals surface area contributed by atoms with Crippen LogP contribution in [0.3, 0.4) is 0 Å². The first-order valence-electron chi connectivity index (χ1n) is 11.7. The van der Waals surface area contributed by atoms with Gasteiger partial charge in [-0.05, 0) is 60.9 Å². The molecule has 2 aromatic heterocycles. The average Bonchev–Trinajstić information content (AvgIpc) is 2.83. The van der Waals surface area contributed by atoms with Crippen LogP contribution in [0.2, 0.25) is 0 Å². The highest BCUT2D eigenvalue weighted by molar-refractivity contribution is 5.74. The molecule has 174 valence electrons. The van der Waals surface area contributed by atoms with Gasteiger partial charge in [0.25, 0.3) is 0 Å². The van der Waals surface area contributed by atoms with Crippen molar-refractivity contribution in [3.8, 4) is 34.0 Å². The Labute approximate surface area is 195 Å². The van der Waals surface area contributed by atoms with Crippen LogP contribution in [0.15, 0.2) is 42.6 Å². The van der Waals surface area contributed by atoms with Gasteiger partial charge in [-0.2, -0.15) is 5.10 Å². The minimum Gasteiger partial charge on any atom is -0.507 e. The second kappa shape index (κ2) is 9.73. The summed E-state index contributed by atoms with van der Waals surface area (Å²) in [6.07, 6.45) is 9.10. The topological polar surface area (TPSA) is 84.3 Å². The highest BCUT2D eigenvalue weighted by Gasteiger charge is 2.33. The number of aromatic nitrogens is 4. The SMILES string of the molecule is CCC[C@]1(C)CCC[C@H](N(C)c2ccc(-c3ccc(-c4cnnc(OC)c4)cc3O)nn2)C1. The molecule has 2 atom stereocenters. The van der Waals surface area contributed by atoms with Crippen molar-refractivity contribution in [2.75, 3.05) is 19.1 Å². The van der Waals surface area contributed by atoms with Gasteiger partial charge in [-0.15, -0.1) is 15.3 Å². The summed E-state index contributed by atoms with van der Waals surface area (Å²) in [5, 5.41) is 27.4. The normalized spacial score (nSPS) is 20.4. The van der Waals surface area contributed by atoms with Crippen LogP contribution in [0.1, 0.15) is 52.4 Å². The number of anilines is 1. The fraction of sp³-hybridized carbons (Fsp3) is 0.462. The molecule has 0 saturated heterocycles. The number of hydrogen-bond acceptors (Lipinski definition) is 7. The van der Waals surface area contributed by atoms with Crippen molar-refractivity contribution in [3.05, 3.63) is 42.6 Å². The number of benzene rings is 1. The van der Waals surface area contributed by atoms with E-state index in [2.05, 4.69) is 46.2 Å². The molecule has 0 unspecified atom stereocenters. The van der Waals surface area contributed by atoms with Gasteiger partial charge in [0.2, 0.25) is 5.88 Å². The minimum absolute atomic E-state index is 0.140. The lowest BCUT2D eigenvalue weighted by Crippen LogP contribution is -2.40. The Hall–Kier alpha value is -3.22. The highest BCUT2D eigenvalue weighted by Crippen LogP contribution is 2.42. The zero-order chi connectivity index (χ0) is 23.4. The van der Waals surface area contributed by atoms with Crippen LogP contribution in [0.25, 0.3) is 22.4 Å². The van der Waals surface area contributed by atoms with Gasteiger partial charge < -0.3 is 14.7 Å². The van der Waals surface area contributed by atoms with E-state index in [1.54, 1.807) is 25.4 Å². The lowest BCUT2D eigenvalue weighted by molar-refractivity contribution is 0.176. The summed E-state index contributed by atoms with van der Waals surface area (Å²) in [5.74, 6) is 1.44. The van der Waals surface area contributed by atoms with Crippen molar-refractivity contribution in [2.45, 2.75) is 58.4 Å². The molecular formula is C26H33N5O2. The molecule has 1 saturated carbocycles. The molecular weight excluding hydrogens is 414 g/mol. The second-order valence-corrected chi connectivity index (χ2v) is 9.42. The maximum atomic E-state index is 10.7. The van der Waals surface area contributed by atoms with Gasteiger partial charge in [0.15, 0.2) is 5.82 Å². The third kappa shape index (κ3) is 5.07. The summed E-state index contributed by atoms with van der Waals surface area (Å²) in [6.45, 7) is 4.70. The molecule has 1 aromatic carbocycles. The Kier molecular flexibility index (Phi) is 6.77. The molecule has 7 nitrogen and oxygen atoms in total. The van der Waals surface area contributed by atoms with Crippen LogP contribution in [0.5, 0.6) is 11.6 Å². The molecule has 3 aromatic rings. The third-order valence-electron chi connectivity index (χ3n) is 6.91. The van der Waals surface area contributed by atoms with E-state index < -0.39 is 0 Å². The quantitative estimate of drug-likeness (QED) is 0.512. The number of nitrogens with zero attached hydrogens (tertiary/aromatic N) is 5. The van der Waals surface area contributed by atoms with Crippen LogP contribution < -0.4 is 9.64 Å². The van der Waals surface area contributed by atoms with Crippen molar-refractivity contribution in [1.82, 2.24) is 20.4 Å². The Morgan fingerprint density at radius 1 is 1.12 bits per heavy atom. The first kappa shape index (κ1) is 23.0. The van der Waals surface area contributed by atoms with Crippen LogP contribution in [-0.4, -0.2) is 45.7 Å². The first-order valence-corrected chi connectivity index (χ1v) is 11.7. The smallest absolute Gasteiger partial charge is 0.233 e. The minimum atomic E-state index is 0.140. The summed E-state index contributed by atoms with van der Waals surface area (Å²) < 4.78 is 5.14. The van der Waals surface area contributed by atoms with Gasteiger partial charge in [0.05, 0.1) is 19.0 Å². The largest absolute Gasteiger partial charge is 0.507 e. The number of aromatic hydroxyl groups is 1. The van der Waals surface area contributed by atoms with Crippen molar-refractivity contribution in [2.24, 2.45) is 5.41 Å². The number of hydrogen-bond donors (Lipinski definition) is 1. The molecule has 0 radical (unpaired) electrons. The summed E-state index contributed by atoms with van der Waals surface area (Å²) in [6, 6.07) is 11.7. The fourth-order valence-electron chi connectivity index (χ4n) is 5.08. The average molecular weight is 448 g/mol. The summed E-state index contributed by atoms with van der Waals surface area (Å²) >= 11 is 0. The Bertz CT molecular complexity index is 1080. The number of phenolic OH excluding ortho intramolecular Hbond substituents is 1. The zero-order valence-electron chi connectivity index (χ0n) is 20.0. The second-order valence-electron chi connectivity index (χ2n) is 9.42. The molecule has 0 amide bonds. The first-order chi connectivity index (χ1) is 15.9. The van der Waals surface area contributed by atoms with Gasteiger partial charge in [0, 0.05) is 30.3 Å². The van der Waals surface area contributed by atoms with Crippen LogP contribution in [0.4, 0.5) is 5.82 Å². The van der Waals surface area contributed by atoms with Crippen molar-refractivity contribution in [1.29, 1.82) is 0 Å². The molecule has 1 fully saturated rings. The molecule has 33 heavy (non-hydrogen) atoms. The summed E-state index contributed by atoms with van der Waals surface area (Å²) in [7, 11) is 3.67. The summed E-state index contributed by atoms with van der Waals surface area (Å²) in [5.41, 5.74) is 3.33. The van der Waals surface area contributed by atoms with Gasteiger partial charge in [-0.25, -0.2) is 0 Å². The lowest BCUT2D eigenvalue weighted by atomic mass is 9.70. The third-order valence-corrected chi connectivity index (χ3v) is 6.91. The van der Waals surface area contributed by atoms with Gasteiger partial charge >= 0.3 is 0 Å². The van der Waals surface area contributed by atoms with Crippen molar-refractivity contribution in [3.63, 3.8) is 0 Å². The maximum Gasteiger partial charge on any atom is 0.233 e. The van der Waals surface area contributed by atoms with E-state index in [-0.39, 0.29) is 5.75 Å². The molecule has 4 rings (SSSR count). The zero-order valence-corrected chi connectivity index (χ0v) is 20.0. The molecule has 0 aliphatic heterocycles. The number of methoxy groups -OCH3 is 1. The highest BCUT2D eigenvalue weighted by atomic mass is 16.5. The molecule has 1 N–H and O–H groups in total. The van der Waals surface area contributed by atoms with E-state index in [0.717, 1.165) is 16.9 Å². The predicted molar refractivity (Wildman–Crippen MR) is 130 cm³/mol. The van der Waals surface area contributed by atoms with Crippen LogP contribution >= 0.6 is 0 Å². The number of rotatable bonds is 7. The van der Waals surface area contributed by atoms with Crippen LogP contribution in [0, 0.1) is 5.41 Å². The fourth-order valence-corrected chi connectivity index (χ4v) is 5.08. The molecule has 1 aliphatic carbocycles. The van der Waals surface area contributed by atoms with E-state index in [1.165, 1.54) is 38.5 Å². The molecule has 0 bridgehead atoms. The Balaban J connectivity index is 1.51. The number of phenols is 1. The lowest BCUT2D eigenvalue weighted by Gasteiger charge is -2.42. The molecule has 2 heterocycles.